The van der Waals surface area contributed by atoms with Crippen molar-refractivity contribution in [1.82, 2.24) is 4.98 Å². The highest BCUT2D eigenvalue weighted by atomic mass is 35.5. The molecule has 0 spiro atoms. The maximum absolute atomic E-state index is 14.2. The fourth-order valence-corrected chi connectivity index (χ4v) is 5.86. The number of hydrogen-bond donors (Lipinski definition) is 1. The molecule has 0 aliphatic rings. The van der Waals surface area contributed by atoms with Crippen molar-refractivity contribution in [2.24, 2.45) is 0 Å². The van der Waals surface area contributed by atoms with Gasteiger partial charge >= 0.3 is 0 Å². The summed E-state index contributed by atoms with van der Waals surface area (Å²) in [5.74, 6) is -0.879. The van der Waals surface area contributed by atoms with Crippen LogP contribution in [0.5, 0.6) is 0 Å². The number of amides is 1. The smallest absolute Gasteiger partial charge is 0.237 e. The molecular weight excluding hydrogens is 601 g/mol. The van der Waals surface area contributed by atoms with E-state index in [2.05, 4.69) is 11.4 Å². The first-order valence-corrected chi connectivity index (χ1v) is 15.2. The number of carbonyl (C=O) groups excluding carboxylic acids is 2. The number of halogens is 2. The summed E-state index contributed by atoms with van der Waals surface area (Å²) in [6, 6.07) is 27.5. The molecule has 0 radical (unpaired) electrons. The minimum absolute atomic E-state index is 0.139. The molecule has 0 aliphatic carbocycles. The van der Waals surface area contributed by atoms with Gasteiger partial charge in [-0.05, 0) is 90.7 Å². The SMILES string of the molecule is CC(Sc1nc(-c2ccc(Cl)cc2)cc(-c2cccc(F)c2)c1C#N)C(=O)Nc1ccc(C(=O)C=Cc2cccs2)cc1. The summed E-state index contributed by atoms with van der Waals surface area (Å²) >= 11 is 8.75. The highest BCUT2D eigenvalue weighted by molar-refractivity contribution is 8.00. The Hall–Kier alpha value is -4.55. The quantitative estimate of drug-likeness (QED) is 0.101. The number of anilines is 1. The van der Waals surface area contributed by atoms with E-state index < -0.39 is 11.1 Å². The number of aromatic nitrogens is 1. The first-order valence-electron chi connectivity index (χ1n) is 13.1. The van der Waals surface area contributed by atoms with Crippen molar-refractivity contribution in [2.75, 3.05) is 5.32 Å². The average Bonchev–Trinajstić information content (AvgIpc) is 3.54. The second-order valence-corrected chi connectivity index (χ2v) is 12.1. The maximum atomic E-state index is 14.2. The number of thioether (sulfide) groups is 1. The van der Waals surface area contributed by atoms with E-state index in [0.29, 0.717) is 38.1 Å². The van der Waals surface area contributed by atoms with Gasteiger partial charge in [-0.3, -0.25) is 9.59 Å². The van der Waals surface area contributed by atoms with Crippen molar-refractivity contribution < 1.29 is 14.0 Å². The normalized spacial score (nSPS) is 11.7. The molecule has 2 heterocycles. The number of nitrogens with one attached hydrogen (secondary N) is 1. The Kier molecular flexibility index (Phi) is 9.48. The number of thiophene rings is 1. The Labute approximate surface area is 261 Å². The molecule has 43 heavy (non-hydrogen) atoms. The molecule has 0 fully saturated rings. The Morgan fingerprint density at radius 3 is 2.47 bits per heavy atom. The van der Waals surface area contributed by atoms with Crippen LogP contribution in [0.3, 0.4) is 0 Å². The van der Waals surface area contributed by atoms with Crippen LogP contribution < -0.4 is 5.32 Å². The van der Waals surface area contributed by atoms with Crippen LogP contribution in [0, 0.1) is 17.1 Å². The van der Waals surface area contributed by atoms with Gasteiger partial charge in [-0.1, -0.05) is 53.7 Å². The predicted octanol–water partition coefficient (Wildman–Crippen LogP) is 9.16. The van der Waals surface area contributed by atoms with Gasteiger partial charge in [-0.2, -0.15) is 5.26 Å². The molecule has 212 valence electrons. The van der Waals surface area contributed by atoms with Gasteiger partial charge < -0.3 is 5.32 Å². The summed E-state index contributed by atoms with van der Waals surface area (Å²) < 4.78 is 14.2. The summed E-state index contributed by atoms with van der Waals surface area (Å²) in [5, 5.41) is 15.2. The van der Waals surface area contributed by atoms with E-state index in [-0.39, 0.29) is 17.3 Å². The van der Waals surface area contributed by atoms with E-state index in [1.54, 1.807) is 78.9 Å². The van der Waals surface area contributed by atoms with Crippen LogP contribution in [0.1, 0.15) is 27.7 Å². The number of nitrogens with zero attached hydrogens (tertiary/aromatic N) is 2. The summed E-state index contributed by atoms with van der Waals surface area (Å²) in [5.41, 5.74) is 3.61. The zero-order chi connectivity index (χ0) is 30.3. The fraction of sp³-hybridized carbons (Fsp3) is 0.0588. The molecule has 5 aromatic rings. The second kappa shape index (κ2) is 13.6. The number of carbonyl (C=O) groups is 2. The van der Waals surface area contributed by atoms with Gasteiger partial charge in [-0.15, -0.1) is 11.3 Å². The maximum Gasteiger partial charge on any atom is 0.237 e. The zero-order valence-electron chi connectivity index (χ0n) is 22.8. The van der Waals surface area contributed by atoms with Crippen molar-refractivity contribution in [1.29, 1.82) is 5.26 Å². The predicted molar refractivity (Wildman–Crippen MR) is 173 cm³/mol. The first kappa shape index (κ1) is 29.9. The van der Waals surface area contributed by atoms with E-state index in [1.165, 1.54) is 18.2 Å². The highest BCUT2D eigenvalue weighted by Crippen LogP contribution is 2.36. The molecule has 2 aromatic heterocycles. The lowest BCUT2D eigenvalue weighted by molar-refractivity contribution is -0.115. The third-order valence-electron chi connectivity index (χ3n) is 6.41. The fourth-order valence-electron chi connectivity index (χ4n) is 4.19. The topological polar surface area (TPSA) is 82.8 Å². The summed E-state index contributed by atoms with van der Waals surface area (Å²) in [4.78, 5) is 31.4. The van der Waals surface area contributed by atoms with Gasteiger partial charge in [0.1, 0.15) is 16.9 Å². The molecule has 3 aromatic carbocycles. The molecule has 1 amide bonds. The lowest BCUT2D eigenvalue weighted by atomic mass is 9.99. The number of rotatable bonds is 9. The number of hydrogen-bond acceptors (Lipinski definition) is 6. The average molecular weight is 624 g/mol. The van der Waals surface area contributed by atoms with Crippen LogP contribution in [0.15, 0.2) is 107 Å². The molecule has 0 saturated heterocycles. The highest BCUT2D eigenvalue weighted by Gasteiger charge is 2.22. The Bertz CT molecular complexity index is 1850. The van der Waals surface area contributed by atoms with Crippen molar-refractivity contribution in [2.45, 2.75) is 17.2 Å². The minimum atomic E-state index is -0.643. The third-order valence-corrected chi connectivity index (χ3v) is 8.59. The van der Waals surface area contributed by atoms with Crippen LogP contribution in [-0.4, -0.2) is 21.9 Å². The standard InChI is InChI=1S/C34H23ClFN3O2S2/c1-21(33(41)38-27-13-9-23(10-14-27)32(40)16-15-28-6-3-17-42-28)43-34-30(20-37)29(24-4-2-5-26(36)18-24)19-31(39-34)22-7-11-25(35)12-8-22/h2-19,21H,1H3,(H,38,41). The number of pyridine rings is 1. The molecular formula is C34H23ClFN3O2S2. The van der Waals surface area contributed by atoms with Crippen LogP contribution in [0.4, 0.5) is 10.1 Å². The minimum Gasteiger partial charge on any atom is -0.325 e. The van der Waals surface area contributed by atoms with Crippen LogP contribution in [0.25, 0.3) is 28.5 Å². The molecule has 1 atom stereocenters. The Morgan fingerprint density at radius 1 is 1.02 bits per heavy atom. The monoisotopic (exact) mass is 623 g/mol. The molecule has 9 heteroatoms. The van der Waals surface area contributed by atoms with Crippen molar-refractivity contribution in [3.63, 3.8) is 0 Å². The Balaban J connectivity index is 1.37. The van der Waals surface area contributed by atoms with Gasteiger partial charge in [0.15, 0.2) is 5.78 Å². The van der Waals surface area contributed by atoms with Crippen molar-refractivity contribution in [3.8, 4) is 28.5 Å². The molecule has 1 N–H and O–H groups in total. The number of allylic oxidation sites excluding steroid dienone is 1. The van der Waals surface area contributed by atoms with Crippen molar-refractivity contribution >= 4 is 58.2 Å². The lowest BCUT2D eigenvalue weighted by Crippen LogP contribution is -2.22. The van der Waals surface area contributed by atoms with Crippen molar-refractivity contribution in [3.05, 3.63) is 129 Å². The molecule has 5 nitrogen and oxygen atoms in total. The molecule has 0 bridgehead atoms. The molecule has 5 rings (SSSR count). The summed E-state index contributed by atoms with van der Waals surface area (Å²) in [7, 11) is 0. The zero-order valence-corrected chi connectivity index (χ0v) is 25.1. The van der Waals surface area contributed by atoms with E-state index in [9.17, 15) is 19.2 Å². The van der Waals surface area contributed by atoms with Gasteiger partial charge in [0.05, 0.1) is 16.5 Å². The van der Waals surface area contributed by atoms with Gasteiger partial charge in [0, 0.05) is 32.3 Å². The van der Waals surface area contributed by atoms with E-state index in [0.717, 1.165) is 22.2 Å². The van der Waals surface area contributed by atoms with E-state index in [1.807, 2.05) is 29.6 Å². The summed E-state index contributed by atoms with van der Waals surface area (Å²) in [6.45, 7) is 1.72. The largest absolute Gasteiger partial charge is 0.325 e. The second-order valence-electron chi connectivity index (χ2n) is 9.40. The van der Waals surface area contributed by atoms with Gasteiger partial charge in [0.2, 0.25) is 5.91 Å². The van der Waals surface area contributed by atoms with Gasteiger partial charge in [0.25, 0.3) is 0 Å². The Morgan fingerprint density at radius 2 is 1.79 bits per heavy atom. The molecule has 0 saturated carbocycles. The van der Waals surface area contributed by atoms with Gasteiger partial charge in [-0.25, -0.2) is 9.37 Å². The number of benzene rings is 3. The van der Waals surface area contributed by atoms with Crippen LogP contribution in [0.2, 0.25) is 5.02 Å². The molecule has 1 unspecified atom stereocenters. The summed E-state index contributed by atoms with van der Waals surface area (Å²) in [6.07, 6.45) is 3.29. The van der Waals surface area contributed by atoms with E-state index >= 15 is 0 Å². The molecule has 0 aliphatic heterocycles. The number of nitriles is 1. The number of ketones is 1. The first-order chi connectivity index (χ1) is 20.8. The lowest BCUT2D eigenvalue weighted by Gasteiger charge is -2.16. The third kappa shape index (κ3) is 7.46. The van der Waals surface area contributed by atoms with E-state index in [4.69, 9.17) is 16.6 Å². The van der Waals surface area contributed by atoms with Crippen LogP contribution in [-0.2, 0) is 4.79 Å². The van der Waals surface area contributed by atoms with Crippen LogP contribution >= 0.6 is 34.7 Å².